The minimum Gasteiger partial charge on any atom is -0.481 e. The van der Waals surface area contributed by atoms with Crippen LogP contribution in [0, 0.1) is 5.41 Å². The summed E-state index contributed by atoms with van der Waals surface area (Å²) < 4.78 is 0. The smallest absolute Gasteiger partial charge is 0.303 e. The fraction of sp³-hybridized carbons (Fsp3) is 0.889. The van der Waals surface area contributed by atoms with E-state index in [1.54, 1.807) is 0 Å². The van der Waals surface area contributed by atoms with Crippen LogP contribution in [0.4, 0.5) is 0 Å². The lowest BCUT2D eigenvalue weighted by molar-refractivity contribution is -0.137. The molecule has 0 unspecified atom stereocenters. The van der Waals surface area contributed by atoms with Gasteiger partial charge in [0.1, 0.15) is 0 Å². The lowest BCUT2D eigenvalue weighted by Gasteiger charge is -2.32. The van der Waals surface area contributed by atoms with E-state index in [0.29, 0.717) is 13.0 Å². The van der Waals surface area contributed by atoms with Crippen molar-refractivity contribution >= 4 is 11.9 Å². The maximum atomic E-state index is 12.7. The van der Waals surface area contributed by atoms with Crippen molar-refractivity contribution in [3.8, 4) is 0 Å². The van der Waals surface area contributed by atoms with E-state index in [0.717, 1.165) is 57.8 Å². The number of hydrogen-bond donors (Lipinski definition) is 2. The number of carbonyl (C=O) groups excluding carboxylic acids is 1. The van der Waals surface area contributed by atoms with Gasteiger partial charge in [0.25, 0.3) is 0 Å². The predicted molar refractivity (Wildman–Crippen MR) is 90.9 cm³/mol. The quantitative estimate of drug-likeness (QED) is 0.463. The van der Waals surface area contributed by atoms with Gasteiger partial charge in [-0.25, -0.2) is 0 Å². The molecule has 0 saturated heterocycles. The molecule has 0 atom stereocenters. The first kappa shape index (κ1) is 20.9. The van der Waals surface area contributed by atoms with E-state index >= 15 is 0 Å². The minimum atomic E-state index is -0.766. The van der Waals surface area contributed by atoms with Crippen LogP contribution < -0.4 is 5.32 Å². The van der Waals surface area contributed by atoms with Crippen molar-refractivity contribution in [3.63, 3.8) is 0 Å². The Morgan fingerprint density at radius 1 is 0.864 bits per heavy atom. The molecular formula is C18H35NO3. The standard InChI is InChI=1S/C18H35NO3/c1-4-7-13-18(12-6-3,14-8-5-2)17(22)19-15-10-9-11-16(20)21/h4-15H2,1-3H3,(H,19,22)(H,20,21). The molecule has 0 rings (SSSR count). The summed E-state index contributed by atoms with van der Waals surface area (Å²) in [4.78, 5) is 23.2. The van der Waals surface area contributed by atoms with E-state index in [1.807, 2.05) is 0 Å². The van der Waals surface area contributed by atoms with Crippen LogP contribution in [0.1, 0.15) is 91.4 Å². The van der Waals surface area contributed by atoms with Gasteiger partial charge in [-0.1, -0.05) is 52.9 Å². The van der Waals surface area contributed by atoms with Crippen LogP contribution in [0.2, 0.25) is 0 Å². The molecule has 0 aliphatic carbocycles. The second-order valence-corrected chi connectivity index (χ2v) is 6.34. The molecule has 0 radical (unpaired) electrons. The van der Waals surface area contributed by atoms with Crippen molar-refractivity contribution < 1.29 is 14.7 Å². The molecule has 0 aromatic carbocycles. The Kier molecular flexibility index (Phi) is 11.9. The average molecular weight is 313 g/mol. The van der Waals surface area contributed by atoms with Crippen LogP contribution in [0.25, 0.3) is 0 Å². The number of hydrogen-bond acceptors (Lipinski definition) is 2. The third-order valence-electron chi connectivity index (χ3n) is 4.33. The first-order chi connectivity index (χ1) is 10.5. The topological polar surface area (TPSA) is 66.4 Å². The largest absolute Gasteiger partial charge is 0.481 e. The van der Waals surface area contributed by atoms with Gasteiger partial charge >= 0.3 is 5.97 Å². The molecule has 4 nitrogen and oxygen atoms in total. The van der Waals surface area contributed by atoms with Crippen molar-refractivity contribution in [2.75, 3.05) is 6.54 Å². The number of carboxylic acid groups (broad SMARTS) is 1. The van der Waals surface area contributed by atoms with E-state index in [4.69, 9.17) is 5.11 Å². The second kappa shape index (κ2) is 12.5. The lowest BCUT2D eigenvalue weighted by atomic mass is 9.74. The van der Waals surface area contributed by atoms with Crippen molar-refractivity contribution in [3.05, 3.63) is 0 Å². The minimum absolute atomic E-state index is 0.182. The van der Waals surface area contributed by atoms with Gasteiger partial charge in [-0.2, -0.15) is 0 Å². The van der Waals surface area contributed by atoms with Crippen LogP contribution in [0.3, 0.4) is 0 Å². The molecule has 0 bridgehead atoms. The molecule has 0 aromatic rings. The van der Waals surface area contributed by atoms with E-state index in [9.17, 15) is 9.59 Å². The van der Waals surface area contributed by atoms with Gasteiger partial charge in [0.15, 0.2) is 0 Å². The molecule has 0 aliphatic heterocycles. The zero-order valence-corrected chi connectivity index (χ0v) is 14.7. The van der Waals surface area contributed by atoms with E-state index in [-0.39, 0.29) is 17.7 Å². The predicted octanol–water partition coefficient (Wildman–Crippen LogP) is 4.52. The average Bonchev–Trinajstić information content (AvgIpc) is 2.49. The molecule has 22 heavy (non-hydrogen) atoms. The van der Waals surface area contributed by atoms with Crippen molar-refractivity contribution in [2.24, 2.45) is 5.41 Å². The molecule has 4 heteroatoms. The normalized spacial score (nSPS) is 11.4. The zero-order valence-electron chi connectivity index (χ0n) is 14.7. The first-order valence-corrected chi connectivity index (χ1v) is 9.02. The maximum absolute atomic E-state index is 12.7. The summed E-state index contributed by atoms with van der Waals surface area (Å²) in [5.41, 5.74) is -0.215. The van der Waals surface area contributed by atoms with Crippen LogP contribution in [-0.4, -0.2) is 23.5 Å². The lowest BCUT2D eigenvalue weighted by Crippen LogP contribution is -2.41. The Balaban J connectivity index is 4.53. The Morgan fingerprint density at radius 3 is 1.91 bits per heavy atom. The SMILES string of the molecule is CCCCC(CCC)(CCCC)C(=O)NCCCCC(=O)O. The van der Waals surface area contributed by atoms with Gasteiger partial charge in [0, 0.05) is 18.4 Å². The number of unbranched alkanes of at least 4 members (excludes halogenated alkanes) is 3. The Hall–Kier alpha value is -1.06. The third-order valence-corrected chi connectivity index (χ3v) is 4.33. The molecule has 0 spiro atoms. The Bertz CT molecular complexity index is 307. The summed E-state index contributed by atoms with van der Waals surface area (Å²) in [7, 11) is 0. The van der Waals surface area contributed by atoms with Gasteiger partial charge in [-0.15, -0.1) is 0 Å². The van der Waals surface area contributed by atoms with E-state index < -0.39 is 5.97 Å². The first-order valence-electron chi connectivity index (χ1n) is 9.02. The highest BCUT2D eigenvalue weighted by Gasteiger charge is 2.35. The summed E-state index contributed by atoms with van der Waals surface area (Å²) in [6.45, 7) is 7.07. The Morgan fingerprint density at radius 2 is 1.45 bits per heavy atom. The summed E-state index contributed by atoms with van der Waals surface area (Å²) in [5, 5.41) is 11.7. The number of nitrogens with one attached hydrogen (secondary N) is 1. The molecule has 2 N–H and O–H groups in total. The van der Waals surface area contributed by atoms with Crippen molar-refractivity contribution in [1.82, 2.24) is 5.32 Å². The number of rotatable bonds is 14. The fourth-order valence-corrected chi connectivity index (χ4v) is 3.02. The highest BCUT2D eigenvalue weighted by molar-refractivity contribution is 5.82. The number of amides is 1. The summed E-state index contributed by atoms with van der Waals surface area (Å²) in [6, 6.07) is 0. The van der Waals surface area contributed by atoms with Crippen LogP contribution in [-0.2, 0) is 9.59 Å². The van der Waals surface area contributed by atoms with Crippen LogP contribution >= 0.6 is 0 Å². The Labute approximate surface area is 136 Å². The fourth-order valence-electron chi connectivity index (χ4n) is 3.02. The van der Waals surface area contributed by atoms with Gasteiger partial charge in [0.2, 0.25) is 5.91 Å². The highest BCUT2D eigenvalue weighted by atomic mass is 16.4. The number of carboxylic acids is 1. The van der Waals surface area contributed by atoms with Gasteiger partial charge in [-0.3, -0.25) is 9.59 Å². The number of aliphatic carboxylic acids is 1. The van der Waals surface area contributed by atoms with E-state index in [2.05, 4.69) is 26.1 Å². The second-order valence-electron chi connectivity index (χ2n) is 6.34. The summed E-state index contributed by atoms with van der Waals surface area (Å²) in [6.07, 6.45) is 9.88. The molecular weight excluding hydrogens is 278 g/mol. The third kappa shape index (κ3) is 8.40. The molecule has 0 heterocycles. The van der Waals surface area contributed by atoms with Gasteiger partial charge in [-0.05, 0) is 32.1 Å². The maximum Gasteiger partial charge on any atom is 0.303 e. The molecule has 1 amide bonds. The molecule has 130 valence electrons. The highest BCUT2D eigenvalue weighted by Crippen LogP contribution is 2.36. The monoisotopic (exact) mass is 313 g/mol. The van der Waals surface area contributed by atoms with E-state index in [1.165, 1.54) is 0 Å². The molecule has 0 fully saturated rings. The van der Waals surface area contributed by atoms with Crippen molar-refractivity contribution in [1.29, 1.82) is 0 Å². The zero-order chi connectivity index (χ0) is 16.8. The van der Waals surface area contributed by atoms with Gasteiger partial charge in [0.05, 0.1) is 0 Å². The van der Waals surface area contributed by atoms with Crippen LogP contribution in [0.15, 0.2) is 0 Å². The molecule has 0 aliphatic rings. The number of carbonyl (C=O) groups is 2. The molecule has 0 aromatic heterocycles. The summed E-state index contributed by atoms with van der Waals surface area (Å²) >= 11 is 0. The van der Waals surface area contributed by atoms with Crippen molar-refractivity contribution in [2.45, 2.75) is 91.4 Å². The summed E-state index contributed by atoms with van der Waals surface area (Å²) in [5.74, 6) is -0.580. The van der Waals surface area contributed by atoms with Gasteiger partial charge < -0.3 is 10.4 Å². The molecule has 0 saturated carbocycles. The van der Waals surface area contributed by atoms with Crippen LogP contribution in [0.5, 0.6) is 0 Å².